The van der Waals surface area contributed by atoms with E-state index in [2.05, 4.69) is 10.9 Å². The average molecular weight is 203 g/mol. The molecule has 76 valence electrons. The van der Waals surface area contributed by atoms with Gasteiger partial charge in [-0.25, -0.2) is 9.37 Å². The van der Waals surface area contributed by atoms with E-state index in [-0.39, 0.29) is 12.4 Å². The fourth-order valence-corrected chi connectivity index (χ4v) is 1.58. The first kappa shape index (κ1) is 9.69. The van der Waals surface area contributed by atoms with E-state index < -0.39 is 0 Å². The lowest BCUT2D eigenvalue weighted by atomic mass is 10.3. The maximum Gasteiger partial charge on any atom is 0.125 e. The van der Waals surface area contributed by atoms with Gasteiger partial charge in [0, 0.05) is 6.07 Å². The van der Waals surface area contributed by atoms with Crippen LogP contribution in [-0.4, -0.2) is 9.55 Å². The first-order valence-electron chi connectivity index (χ1n) is 4.54. The smallest absolute Gasteiger partial charge is 0.125 e. The number of benzene rings is 1. The van der Waals surface area contributed by atoms with E-state index in [0.29, 0.717) is 17.9 Å². The molecule has 2 aromatic rings. The summed E-state index contributed by atoms with van der Waals surface area (Å²) in [5.74, 6) is 2.89. The minimum atomic E-state index is -0.309. The molecule has 0 spiro atoms. The van der Waals surface area contributed by atoms with Crippen molar-refractivity contribution in [2.24, 2.45) is 5.73 Å². The molecule has 0 amide bonds. The van der Waals surface area contributed by atoms with Crippen molar-refractivity contribution < 1.29 is 4.39 Å². The molecule has 0 aliphatic rings. The van der Waals surface area contributed by atoms with Gasteiger partial charge in [0.1, 0.15) is 11.6 Å². The summed E-state index contributed by atoms with van der Waals surface area (Å²) in [5, 5.41) is 0. The molecule has 1 heterocycles. The topological polar surface area (TPSA) is 43.8 Å². The number of rotatable bonds is 2. The maximum atomic E-state index is 12.9. The number of terminal acetylenes is 1. The van der Waals surface area contributed by atoms with Crippen molar-refractivity contribution in [3.05, 3.63) is 29.8 Å². The second-order valence-corrected chi connectivity index (χ2v) is 3.16. The van der Waals surface area contributed by atoms with Crippen LogP contribution in [0.5, 0.6) is 0 Å². The third-order valence-electron chi connectivity index (χ3n) is 2.22. The molecule has 0 aliphatic carbocycles. The first-order chi connectivity index (χ1) is 7.26. The summed E-state index contributed by atoms with van der Waals surface area (Å²) in [7, 11) is 0. The van der Waals surface area contributed by atoms with Gasteiger partial charge in [0.15, 0.2) is 0 Å². The number of hydrogen-bond acceptors (Lipinski definition) is 2. The number of imidazole rings is 1. The minimum absolute atomic E-state index is 0.290. The lowest BCUT2D eigenvalue weighted by Gasteiger charge is -2.02. The fourth-order valence-electron chi connectivity index (χ4n) is 1.58. The summed E-state index contributed by atoms with van der Waals surface area (Å²) in [6, 6.07) is 4.42. The van der Waals surface area contributed by atoms with Crippen LogP contribution in [-0.2, 0) is 13.1 Å². The van der Waals surface area contributed by atoms with Gasteiger partial charge in [-0.1, -0.05) is 5.92 Å². The second-order valence-electron chi connectivity index (χ2n) is 3.16. The van der Waals surface area contributed by atoms with Crippen LogP contribution in [0.15, 0.2) is 18.2 Å². The highest BCUT2D eigenvalue weighted by atomic mass is 19.1. The molecule has 4 heteroatoms. The van der Waals surface area contributed by atoms with Crippen LogP contribution in [0.4, 0.5) is 4.39 Å². The van der Waals surface area contributed by atoms with E-state index in [4.69, 9.17) is 12.2 Å². The highest BCUT2D eigenvalue weighted by molar-refractivity contribution is 5.76. The zero-order chi connectivity index (χ0) is 10.8. The van der Waals surface area contributed by atoms with Crippen LogP contribution in [0, 0.1) is 18.2 Å². The number of hydrogen-bond donors (Lipinski definition) is 1. The molecule has 0 aliphatic heterocycles. The molecule has 0 atom stereocenters. The molecule has 0 saturated heterocycles. The zero-order valence-electron chi connectivity index (χ0n) is 8.07. The van der Waals surface area contributed by atoms with Gasteiger partial charge in [0.2, 0.25) is 0 Å². The zero-order valence-corrected chi connectivity index (χ0v) is 8.07. The highest BCUT2D eigenvalue weighted by Crippen LogP contribution is 2.17. The van der Waals surface area contributed by atoms with Crippen molar-refractivity contribution in [1.29, 1.82) is 0 Å². The third-order valence-corrected chi connectivity index (χ3v) is 2.22. The molecule has 1 aromatic heterocycles. The van der Waals surface area contributed by atoms with E-state index in [1.165, 1.54) is 12.1 Å². The Hall–Kier alpha value is -1.86. The summed E-state index contributed by atoms with van der Waals surface area (Å²) in [4.78, 5) is 4.21. The van der Waals surface area contributed by atoms with Crippen molar-refractivity contribution in [3.63, 3.8) is 0 Å². The summed E-state index contributed by atoms with van der Waals surface area (Å²) in [6.07, 6.45) is 5.25. The number of aromatic nitrogens is 2. The molecule has 15 heavy (non-hydrogen) atoms. The highest BCUT2D eigenvalue weighted by Gasteiger charge is 2.08. The molecule has 3 nitrogen and oxygen atoms in total. The van der Waals surface area contributed by atoms with E-state index in [9.17, 15) is 4.39 Å². The second kappa shape index (κ2) is 3.71. The quantitative estimate of drug-likeness (QED) is 0.747. The standard InChI is InChI=1S/C11H10FN3/c1-2-5-15-10-4-3-8(12)6-9(10)14-11(15)7-13/h1,3-4,6H,5,7,13H2. The number of fused-ring (bicyclic) bond motifs is 1. The molecule has 0 fully saturated rings. The lowest BCUT2D eigenvalue weighted by molar-refractivity contribution is 0.629. The summed E-state index contributed by atoms with van der Waals surface area (Å²) < 4.78 is 14.8. The Labute approximate surface area is 86.7 Å². The molecule has 0 radical (unpaired) electrons. The average Bonchev–Trinajstić information content (AvgIpc) is 2.56. The Bertz CT molecular complexity index is 536. The predicted octanol–water partition coefficient (Wildman–Crippen LogP) is 1.27. The van der Waals surface area contributed by atoms with Gasteiger partial charge in [-0.05, 0) is 12.1 Å². The Morgan fingerprint density at radius 1 is 1.53 bits per heavy atom. The van der Waals surface area contributed by atoms with Gasteiger partial charge in [0.25, 0.3) is 0 Å². The fraction of sp³-hybridized carbons (Fsp3) is 0.182. The van der Waals surface area contributed by atoms with Crippen LogP contribution >= 0.6 is 0 Å². The van der Waals surface area contributed by atoms with Crippen molar-refractivity contribution in [3.8, 4) is 12.3 Å². The van der Waals surface area contributed by atoms with Gasteiger partial charge >= 0.3 is 0 Å². The molecule has 0 bridgehead atoms. The van der Waals surface area contributed by atoms with E-state index in [1.54, 1.807) is 6.07 Å². The molecular formula is C11H10FN3. The molecule has 2 N–H and O–H groups in total. The summed E-state index contributed by atoms with van der Waals surface area (Å²) >= 11 is 0. The van der Waals surface area contributed by atoms with Crippen LogP contribution in [0.25, 0.3) is 11.0 Å². The van der Waals surface area contributed by atoms with Crippen molar-refractivity contribution in [2.45, 2.75) is 13.1 Å². The first-order valence-corrected chi connectivity index (χ1v) is 4.54. The van der Waals surface area contributed by atoms with Crippen LogP contribution in [0.3, 0.4) is 0 Å². The van der Waals surface area contributed by atoms with E-state index in [0.717, 1.165) is 5.52 Å². The Kier molecular flexibility index (Phi) is 2.40. The molecule has 1 aromatic carbocycles. The Morgan fingerprint density at radius 3 is 3.00 bits per heavy atom. The van der Waals surface area contributed by atoms with Crippen LogP contribution in [0.1, 0.15) is 5.82 Å². The minimum Gasteiger partial charge on any atom is -0.324 e. The summed E-state index contributed by atoms with van der Waals surface area (Å²) in [6.45, 7) is 0.687. The van der Waals surface area contributed by atoms with Crippen LogP contribution < -0.4 is 5.73 Å². The van der Waals surface area contributed by atoms with Crippen molar-refractivity contribution in [2.75, 3.05) is 0 Å². The predicted molar refractivity (Wildman–Crippen MR) is 56.4 cm³/mol. The van der Waals surface area contributed by atoms with Crippen LogP contribution in [0.2, 0.25) is 0 Å². The van der Waals surface area contributed by atoms with Gasteiger partial charge in [-0.15, -0.1) is 6.42 Å². The molecule has 2 rings (SSSR count). The normalized spacial score (nSPS) is 10.5. The van der Waals surface area contributed by atoms with Gasteiger partial charge in [-0.2, -0.15) is 0 Å². The summed E-state index contributed by atoms with van der Waals surface area (Å²) in [5.41, 5.74) is 6.94. The number of nitrogens with zero attached hydrogens (tertiary/aromatic N) is 2. The van der Waals surface area contributed by atoms with Gasteiger partial charge in [0.05, 0.1) is 24.1 Å². The largest absolute Gasteiger partial charge is 0.324 e. The van der Waals surface area contributed by atoms with Crippen molar-refractivity contribution >= 4 is 11.0 Å². The number of halogens is 1. The van der Waals surface area contributed by atoms with Gasteiger partial charge < -0.3 is 10.3 Å². The maximum absolute atomic E-state index is 12.9. The number of nitrogens with two attached hydrogens (primary N) is 1. The SMILES string of the molecule is C#CCn1c(CN)nc2cc(F)ccc21. The Balaban J connectivity index is 2.70. The third kappa shape index (κ3) is 1.58. The van der Waals surface area contributed by atoms with E-state index in [1.807, 2.05) is 4.57 Å². The molecular weight excluding hydrogens is 193 g/mol. The van der Waals surface area contributed by atoms with Crippen molar-refractivity contribution in [1.82, 2.24) is 9.55 Å². The molecule has 0 saturated carbocycles. The lowest BCUT2D eigenvalue weighted by Crippen LogP contribution is -2.07. The molecule has 0 unspecified atom stereocenters. The van der Waals surface area contributed by atoms with E-state index >= 15 is 0 Å². The monoisotopic (exact) mass is 203 g/mol. The Morgan fingerprint density at radius 2 is 2.33 bits per heavy atom. The van der Waals surface area contributed by atoms with Gasteiger partial charge in [-0.3, -0.25) is 0 Å².